The topological polar surface area (TPSA) is 85.7 Å². The monoisotopic (exact) mass is 431 g/mol. The summed E-state index contributed by atoms with van der Waals surface area (Å²) in [6, 6.07) is 14.8. The molecule has 0 amide bonds. The van der Waals surface area contributed by atoms with E-state index >= 15 is 0 Å². The first-order chi connectivity index (χ1) is 15.3. The van der Waals surface area contributed by atoms with Crippen molar-refractivity contribution in [1.82, 2.24) is 4.74 Å². The van der Waals surface area contributed by atoms with Gasteiger partial charge in [0.05, 0.1) is 11.6 Å². The summed E-state index contributed by atoms with van der Waals surface area (Å²) in [5, 5.41) is 25.1. The second-order valence-electron chi connectivity index (χ2n) is 7.87. The van der Waals surface area contributed by atoms with Gasteiger partial charge in [0.25, 0.3) is 5.36 Å². The van der Waals surface area contributed by atoms with Gasteiger partial charge in [0.1, 0.15) is 11.3 Å². The van der Waals surface area contributed by atoms with Gasteiger partial charge >= 0.3 is 5.97 Å². The summed E-state index contributed by atoms with van der Waals surface area (Å²) >= 11 is 0. The highest BCUT2D eigenvalue weighted by molar-refractivity contribution is 6.08. The van der Waals surface area contributed by atoms with Crippen LogP contribution in [0, 0.1) is 13.8 Å². The molecule has 0 fully saturated rings. The fourth-order valence-corrected chi connectivity index (χ4v) is 4.20. The van der Waals surface area contributed by atoms with Crippen molar-refractivity contribution in [2.45, 2.75) is 27.7 Å². The smallest absolute Gasteiger partial charge is 0.336 e. The third-order valence-electron chi connectivity index (χ3n) is 5.75. The van der Waals surface area contributed by atoms with Crippen molar-refractivity contribution in [3.63, 3.8) is 0 Å². The lowest BCUT2D eigenvalue weighted by molar-refractivity contribution is 0.0697. The standard InChI is InChI=1S/C26H26N2O4/c1-5-27-21-13-23-19(11-15(21)3)25(17-9-7-8-10-18(17)26(29)30)20-12-16(4)22(28(31)6-2)14-24(20)32-23/h7-14,31H,5-6H2,1-4H3,(H,29,30)/p+1. The minimum atomic E-state index is -0.982. The number of fused-ring (bicyclic) bond motifs is 2. The average molecular weight is 432 g/mol. The summed E-state index contributed by atoms with van der Waals surface area (Å²) in [4.78, 5) is 12.0. The molecule has 6 heteroatoms. The van der Waals surface area contributed by atoms with Gasteiger partial charge in [0.2, 0.25) is 0 Å². The van der Waals surface area contributed by atoms with Crippen LogP contribution in [0.3, 0.4) is 0 Å². The Morgan fingerprint density at radius 1 is 1.03 bits per heavy atom. The molecule has 32 heavy (non-hydrogen) atoms. The van der Waals surface area contributed by atoms with E-state index in [0.717, 1.165) is 39.9 Å². The second-order valence-corrected chi connectivity index (χ2v) is 7.87. The van der Waals surface area contributed by atoms with Gasteiger partial charge in [0, 0.05) is 40.4 Å². The Kier molecular flexibility index (Phi) is 5.61. The zero-order valence-corrected chi connectivity index (χ0v) is 18.7. The summed E-state index contributed by atoms with van der Waals surface area (Å²) in [5.74, 6) is -0.406. The van der Waals surface area contributed by atoms with Gasteiger partial charge in [-0.05, 0) is 61.8 Å². The van der Waals surface area contributed by atoms with E-state index in [4.69, 9.17) is 4.42 Å². The van der Waals surface area contributed by atoms with E-state index in [-0.39, 0.29) is 5.56 Å². The number of hydrogen-bond acceptors (Lipinski definition) is 4. The molecule has 164 valence electrons. The van der Waals surface area contributed by atoms with E-state index in [9.17, 15) is 15.1 Å². The van der Waals surface area contributed by atoms with E-state index in [1.54, 1.807) is 12.1 Å². The van der Waals surface area contributed by atoms with Crippen molar-refractivity contribution < 1.29 is 19.5 Å². The van der Waals surface area contributed by atoms with Crippen LogP contribution in [0.1, 0.15) is 35.3 Å². The van der Waals surface area contributed by atoms with Crippen LogP contribution in [0.25, 0.3) is 33.4 Å². The van der Waals surface area contributed by atoms with Crippen molar-refractivity contribution in [1.29, 1.82) is 0 Å². The van der Waals surface area contributed by atoms with Crippen molar-refractivity contribution >= 4 is 22.6 Å². The number of carbonyl (C=O) groups is 1. The molecular weight excluding hydrogens is 404 g/mol. The van der Waals surface area contributed by atoms with Crippen LogP contribution in [0.4, 0.5) is 5.69 Å². The Labute approximate surface area is 186 Å². The predicted octanol–water partition coefficient (Wildman–Crippen LogP) is 5.13. The highest BCUT2D eigenvalue weighted by Gasteiger charge is 2.23. The summed E-state index contributed by atoms with van der Waals surface area (Å²) in [7, 11) is 0. The molecule has 4 rings (SSSR count). The molecule has 6 nitrogen and oxygen atoms in total. The van der Waals surface area contributed by atoms with E-state index in [2.05, 4.69) is 5.32 Å². The van der Waals surface area contributed by atoms with Crippen molar-refractivity contribution in [3.8, 4) is 22.5 Å². The number of nitrogens with one attached hydrogen (secondary N) is 1. The molecule has 1 aliphatic carbocycles. The normalized spacial score (nSPS) is 12.2. The number of anilines is 1. The molecule has 0 aromatic heterocycles. The van der Waals surface area contributed by atoms with Gasteiger partial charge in [0.15, 0.2) is 6.54 Å². The highest BCUT2D eigenvalue weighted by atomic mass is 16.5. The minimum Gasteiger partial charge on any atom is -0.478 e. The molecular formula is C26H27N2O4+. The van der Waals surface area contributed by atoms with Crippen LogP contribution in [0.15, 0.2) is 52.9 Å². The van der Waals surface area contributed by atoms with Gasteiger partial charge in [-0.2, -0.15) is 0 Å². The van der Waals surface area contributed by atoms with Crippen LogP contribution in [0.2, 0.25) is 0 Å². The first-order valence-corrected chi connectivity index (χ1v) is 10.7. The SMILES string of the molecule is CCNc1cc2oc3c/c(=[N+](\O)CC)c(C)cc-3c(-c3ccccc3C(=O)O)c2cc1C. The molecule has 0 unspecified atom stereocenters. The van der Waals surface area contributed by atoms with Crippen molar-refractivity contribution in [2.24, 2.45) is 0 Å². The second kappa shape index (κ2) is 8.38. The Bertz CT molecular complexity index is 1380. The van der Waals surface area contributed by atoms with Crippen LogP contribution in [-0.4, -0.2) is 29.4 Å². The first-order valence-electron chi connectivity index (χ1n) is 10.7. The summed E-state index contributed by atoms with van der Waals surface area (Å²) in [5.41, 5.74) is 5.98. The van der Waals surface area contributed by atoms with Crippen molar-refractivity contribution in [3.05, 3.63) is 70.6 Å². The molecule has 2 aromatic carbocycles. The highest BCUT2D eigenvalue weighted by Crippen LogP contribution is 2.42. The van der Waals surface area contributed by atoms with E-state index in [0.29, 0.717) is 28.8 Å². The quantitative estimate of drug-likeness (QED) is 0.176. The lowest BCUT2D eigenvalue weighted by Crippen LogP contribution is -2.28. The Morgan fingerprint density at radius 2 is 1.78 bits per heavy atom. The van der Waals surface area contributed by atoms with Gasteiger partial charge in [-0.3, -0.25) is 5.21 Å². The molecule has 1 aliphatic heterocycles. The lowest BCUT2D eigenvalue weighted by atomic mass is 9.89. The number of nitrogens with zero attached hydrogens (tertiary/aromatic N) is 1. The molecule has 0 spiro atoms. The van der Waals surface area contributed by atoms with Crippen LogP contribution < -0.4 is 15.4 Å². The number of hydrogen-bond donors (Lipinski definition) is 3. The maximum Gasteiger partial charge on any atom is 0.336 e. The molecule has 2 aromatic rings. The molecule has 0 atom stereocenters. The predicted molar refractivity (Wildman–Crippen MR) is 126 cm³/mol. The number of hydroxylamine groups is 1. The van der Waals surface area contributed by atoms with Gasteiger partial charge in [-0.1, -0.05) is 18.2 Å². The number of carboxylic acids is 1. The number of benzene rings is 3. The fourth-order valence-electron chi connectivity index (χ4n) is 4.20. The molecule has 0 radical (unpaired) electrons. The summed E-state index contributed by atoms with van der Waals surface area (Å²) in [6.07, 6.45) is 0. The third kappa shape index (κ3) is 3.58. The summed E-state index contributed by atoms with van der Waals surface area (Å²) in [6.45, 7) is 9.04. The zero-order chi connectivity index (χ0) is 23.0. The molecule has 0 bridgehead atoms. The molecule has 0 saturated carbocycles. The number of carboxylic acid groups (broad SMARTS) is 1. The number of rotatable bonds is 5. The number of aromatic carboxylic acids is 1. The molecule has 2 aliphatic rings. The van der Waals surface area contributed by atoms with E-state index in [1.165, 1.54) is 4.74 Å². The fraction of sp³-hybridized carbons (Fsp3) is 0.231. The van der Waals surface area contributed by atoms with Gasteiger partial charge in [-0.15, -0.1) is 0 Å². The largest absolute Gasteiger partial charge is 0.478 e. The Hall–Kier alpha value is -3.80. The molecule has 1 heterocycles. The molecule has 3 N–H and O–H groups in total. The van der Waals surface area contributed by atoms with Gasteiger partial charge < -0.3 is 14.8 Å². The van der Waals surface area contributed by atoms with Crippen LogP contribution in [-0.2, 0) is 0 Å². The van der Waals surface area contributed by atoms with E-state index < -0.39 is 5.97 Å². The Balaban J connectivity index is 2.22. The zero-order valence-electron chi connectivity index (χ0n) is 18.7. The maximum atomic E-state index is 12.0. The Morgan fingerprint density at radius 3 is 2.47 bits per heavy atom. The average Bonchev–Trinajstić information content (AvgIpc) is 2.78. The van der Waals surface area contributed by atoms with Crippen LogP contribution in [0.5, 0.6) is 0 Å². The maximum absolute atomic E-state index is 12.0. The van der Waals surface area contributed by atoms with E-state index in [1.807, 2.05) is 64.1 Å². The number of aryl methyl sites for hydroxylation is 2. The van der Waals surface area contributed by atoms with Gasteiger partial charge in [-0.25, -0.2) is 4.79 Å². The summed E-state index contributed by atoms with van der Waals surface area (Å²) < 4.78 is 7.49. The first kappa shape index (κ1) is 21.4. The third-order valence-corrected chi connectivity index (χ3v) is 5.75. The molecule has 0 saturated heterocycles. The van der Waals surface area contributed by atoms with Crippen molar-refractivity contribution in [2.75, 3.05) is 18.4 Å². The minimum absolute atomic E-state index is 0.230. The lowest BCUT2D eigenvalue weighted by Gasteiger charge is -2.19. The van der Waals surface area contributed by atoms with Crippen LogP contribution >= 0.6 is 0 Å².